The summed E-state index contributed by atoms with van der Waals surface area (Å²) in [6.07, 6.45) is 6.28. The number of hydrogen-bond donors (Lipinski definition) is 2. The smallest absolute Gasteiger partial charge is 0.407 e. The van der Waals surface area contributed by atoms with Crippen LogP contribution in [0.2, 0.25) is 0 Å². The third-order valence-electron chi connectivity index (χ3n) is 5.31. The standard InChI is InChI=1S/C14H14FN5O2.C6H12N2O/c1-9-12(10-4-7-19(8-5-10)14(21)22)17-18-20(9)11-3-2-6-16-13(11)15;7-6(9)8-4-2-1-3-5-8/h2-4,6H,5,7-8H2,1H3,(H,21,22);1-5H2,(H2,7,9). The first-order valence-corrected chi connectivity index (χ1v) is 10.1. The van der Waals surface area contributed by atoms with Crippen LogP contribution in [-0.4, -0.2) is 73.2 Å². The van der Waals surface area contributed by atoms with Crippen LogP contribution in [0.1, 0.15) is 37.1 Å². The van der Waals surface area contributed by atoms with E-state index in [2.05, 4.69) is 15.3 Å². The van der Waals surface area contributed by atoms with Gasteiger partial charge in [0.15, 0.2) is 0 Å². The first kappa shape index (κ1) is 22.2. The number of likely N-dealkylation sites (tertiary alicyclic amines) is 1. The molecule has 3 N–H and O–H groups in total. The Labute approximate surface area is 179 Å². The predicted molar refractivity (Wildman–Crippen MR) is 111 cm³/mol. The average Bonchev–Trinajstić information content (AvgIpc) is 3.16. The molecule has 2 aromatic rings. The number of piperidine rings is 1. The zero-order valence-corrected chi connectivity index (χ0v) is 17.4. The Morgan fingerprint density at radius 1 is 1.16 bits per heavy atom. The number of amides is 3. The van der Waals surface area contributed by atoms with E-state index in [0.29, 0.717) is 30.9 Å². The van der Waals surface area contributed by atoms with E-state index in [-0.39, 0.29) is 11.7 Å². The number of nitrogens with two attached hydrogens (primary N) is 1. The van der Waals surface area contributed by atoms with Crippen molar-refractivity contribution in [1.29, 1.82) is 0 Å². The molecule has 1 fully saturated rings. The number of primary amides is 1. The number of aromatic nitrogens is 4. The normalized spacial score (nSPS) is 16.3. The molecule has 10 nitrogen and oxygen atoms in total. The molecule has 0 saturated carbocycles. The van der Waals surface area contributed by atoms with Crippen molar-refractivity contribution in [3.05, 3.63) is 41.7 Å². The van der Waals surface area contributed by atoms with E-state index in [4.69, 9.17) is 10.8 Å². The number of nitrogens with zero attached hydrogens (tertiary/aromatic N) is 6. The number of urea groups is 1. The van der Waals surface area contributed by atoms with Crippen molar-refractivity contribution in [2.75, 3.05) is 26.2 Å². The first-order chi connectivity index (χ1) is 14.9. The molecule has 2 aliphatic heterocycles. The molecule has 31 heavy (non-hydrogen) atoms. The maximum absolute atomic E-state index is 13.8. The van der Waals surface area contributed by atoms with Crippen LogP contribution in [-0.2, 0) is 0 Å². The van der Waals surface area contributed by atoms with Crippen LogP contribution in [0.3, 0.4) is 0 Å². The Morgan fingerprint density at radius 3 is 2.45 bits per heavy atom. The van der Waals surface area contributed by atoms with E-state index in [1.54, 1.807) is 24.0 Å². The SMILES string of the molecule is Cc1c(C2=CCN(C(=O)O)CC2)nnn1-c1cccnc1F.NC(=O)N1CCCCC1. The quantitative estimate of drug-likeness (QED) is 0.702. The third-order valence-corrected chi connectivity index (χ3v) is 5.31. The molecule has 0 aliphatic carbocycles. The third kappa shape index (κ3) is 5.36. The van der Waals surface area contributed by atoms with Gasteiger partial charge in [-0.1, -0.05) is 11.3 Å². The topological polar surface area (TPSA) is 130 Å². The molecule has 0 atom stereocenters. The highest BCUT2D eigenvalue weighted by molar-refractivity contribution is 5.72. The van der Waals surface area contributed by atoms with Gasteiger partial charge in [-0.05, 0) is 50.3 Å². The molecule has 4 heterocycles. The summed E-state index contributed by atoms with van der Waals surface area (Å²) in [7, 11) is 0. The van der Waals surface area contributed by atoms with Crippen molar-refractivity contribution in [3.8, 4) is 5.69 Å². The van der Waals surface area contributed by atoms with Gasteiger partial charge in [-0.2, -0.15) is 4.39 Å². The minimum absolute atomic E-state index is 0.238. The van der Waals surface area contributed by atoms with Gasteiger partial charge >= 0.3 is 12.1 Å². The molecule has 0 unspecified atom stereocenters. The summed E-state index contributed by atoms with van der Waals surface area (Å²) >= 11 is 0. The molecule has 11 heteroatoms. The van der Waals surface area contributed by atoms with Crippen LogP contribution in [0, 0.1) is 12.9 Å². The van der Waals surface area contributed by atoms with Crippen LogP contribution < -0.4 is 5.73 Å². The molecular weight excluding hydrogens is 405 g/mol. The molecule has 4 rings (SSSR count). The highest BCUT2D eigenvalue weighted by Crippen LogP contribution is 2.25. The number of carboxylic acid groups (broad SMARTS) is 1. The number of hydrogen-bond acceptors (Lipinski definition) is 5. The zero-order chi connectivity index (χ0) is 22.4. The van der Waals surface area contributed by atoms with Crippen LogP contribution >= 0.6 is 0 Å². The molecule has 0 aromatic carbocycles. The van der Waals surface area contributed by atoms with Gasteiger partial charge in [-0.25, -0.2) is 19.3 Å². The van der Waals surface area contributed by atoms with Gasteiger partial charge in [-0.15, -0.1) is 5.10 Å². The van der Waals surface area contributed by atoms with E-state index in [1.807, 2.05) is 6.08 Å². The molecule has 0 bridgehead atoms. The van der Waals surface area contributed by atoms with E-state index >= 15 is 0 Å². The molecule has 0 radical (unpaired) electrons. The maximum Gasteiger partial charge on any atom is 0.407 e. The Kier molecular flexibility index (Phi) is 7.16. The van der Waals surface area contributed by atoms with E-state index in [9.17, 15) is 14.0 Å². The molecule has 1 saturated heterocycles. The van der Waals surface area contributed by atoms with Gasteiger partial charge in [0.1, 0.15) is 11.4 Å². The summed E-state index contributed by atoms with van der Waals surface area (Å²) in [6.45, 7) is 4.24. The highest BCUT2D eigenvalue weighted by Gasteiger charge is 2.21. The van der Waals surface area contributed by atoms with Crippen molar-refractivity contribution < 1.29 is 19.1 Å². The lowest BCUT2D eigenvalue weighted by atomic mass is 10.0. The largest absolute Gasteiger partial charge is 0.465 e. The fourth-order valence-electron chi connectivity index (χ4n) is 3.56. The number of carbonyl (C=O) groups excluding carboxylic acids is 1. The van der Waals surface area contributed by atoms with Crippen molar-refractivity contribution >= 4 is 17.7 Å². The summed E-state index contributed by atoms with van der Waals surface area (Å²) in [5.41, 5.74) is 7.57. The molecule has 2 aromatic heterocycles. The van der Waals surface area contributed by atoms with Crippen LogP contribution in [0.5, 0.6) is 0 Å². The Bertz CT molecular complexity index is 969. The van der Waals surface area contributed by atoms with Crippen molar-refractivity contribution in [2.45, 2.75) is 32.6 Å². The average molecular weight is 431 g/mol. The minimum atomic E-state index is -0.937. The van der Waals surface area contributed by atoms with Crippen molar-refractivity contribution in [3.63, 3.8) is 0 Å². The lowest BCUT2D eigenvalue weighted by Gasteiger charge is -2.24. The Hall–Kier alpha value is -3.50. The maximum atomic E-state index is 13.8. The fraction of sp³-hybridized carbons (Fsp3) is 0.450. The Balaban J connectivity index is 0.000000254. The molecule has 3 amide bonds. The second-order valence-electron chi connectivity index (χ2n) is 7.34. The fourth-order valence-corrected chi connectivity index (χ4v) is 3.56. The number of rotatable bonds is 2. The van der Waals surface area contributed by atoms with Crippen LogP contribution in [0.25, 0.3) is 11.3 Å². The van der Waals surface area contributed by atoms with Gasteiger partial charge in [0.2, 0.25) is 5.95 Å². The Morgan fingerprint density at radius 2 is 1.90 bits per heavy atom. The summed E-state index contributed by atoms with van der Waals surface area (Å²) in [5, 5.41) is 17.1. The van der Waals surface area contributed by atoms with Gasteiger partial charge in [0.05, 0.1) is 5.69 Å². The monoisotopic (exact) mass is 431 g/mol. The van der Waals surface area contributed by atoms with E-state index in [1.165, 1.54) is 22.2 Å². The predicted octanol–water partition coefficient (Wildman–Crippen LogP) is 2.43. The summed E-state index contributed by atoms with van der Waals surface area (Å²) in [4.78, 5) is 28.0. The number of carbonyl (C=O) groups is 2. The van der Waals surface area contributed by atoms with Crippen molar-refractivity contribution in [2.24, 2.45) is 5.73 Å². The summed E-state index contributed by atoms with van der Waals surface area (Å²) < 4.78 is 15.2. The van der Waals surface area contributed by atoms with Gasteiger partial charge in [0, 0.05) is 32.4 Å². The highest BCUT2D eigenvalue weighted by atomic mass is 19.1. The molecular formula is C20H26FN7O3. The summed E-state index contributed by atoms with van der Waals surface area (Å²) in [5.74, 6) is -0.614. The van der Waals surface area contributed by atoms with E-state index in [0.717, 1.165) is 31.5 Å². The van der Waals surface area contributed by atoms with Crippen LogP contribution in [0.15, 0.2) is 24.4 Å². The molecule has 2 aliphatic rings. The lowest BCUT2D eigenvalue weighted by Crippen LogP contribution is -2.39. The van der Waals surface area contributed by atoms with Gasteiger partial charge in [-0.3, -0.25) is 0 Å². The second-order valence-corrected chi connectivity index (χ2v) is 7.34. The minimum Gasteiger partial charge on any atom is -0.465 e. The molecule has 166 valence electrons. The van der Waals surface area contributed by atoms with Crippen LogP contribution in [0.4, 0.5) is 14.0 Å². The van der Waals surface area contributed by atoms with E-state index < -0.39 is 12.0 Å². The zero-order valence-electron chi connectivity index (χ0n) is 17.4. The van der Waals surface area contributed by atoms with Crippen molar-refractivity contribution in [1.82, 2.24) is 29.8 Å². The van der Waals surface area contributed by atoms with Gasteiger partial charge in [0.25, 0.3) is 0 Å². The molecule has 0 spiro atoms. The lowest BCUT2D eigenvalue weighted by molar-refractivity contribution is 0.150. The number of pyridine rings is 1. The number of halogens is 1. The second kappa shape index (κ2) is 10.0. The van der Waals surface area contributed by atoms with Gasteiger partial charge < -0.3 is 20.6 Å². The first-order valence-electron chi connectivity index (χ1n) is 10.1. The summed E-state index contributed by atoms with van der Waals surface area (Å²) in [6, 6.07) is 2.94.